The summed E-state index contributed by atoms with van der Waals surface area (Å²) in [5.74, 6) is -0.676. The molecule has 2 aliphatic heterocycles. The number of nitrogens with zero attached hydrogens (tertiary/aromatic N) is 3. The molecule has 120 valence electrons. The van der Waals surface area contributed by atoms with Crippen LogP contribution in [0.15, 0.2) is 0 Å². The van der Waals surface area contributed by atoms with Gasteiger partial charge in [0.2, 0.25) is 0 Å². The number of fused-ring (bicyclic) bond motifs is 1. The van der Waals surface area contributed by atoms with Crippen molar-refractivity contribution in [3.63, 3.8) is 0 Å². The molecule has 6 heteroatoms. The van der Waals surface area contributed by atoms with Crippen LogP contribution in [-0.4, -0.2) is 77.1 Å². The third-order valence-corrected chi connectivity index (χ3v) is 4.29. The van der Waals surface area contributed by atoms with Crippen LogP contribution in [0.2, 0.25) is 0 Å². The molecule has 0 aromatic rings. The lowest BCUT2D eigenvalue weighted by atomic mass is 10.00. The third kappa shape index (κ3) is 4.33. The number of amides is 2. The lowest BCUT2D eigenvalue weighted by Crippen LogP contribution is -2.59. The SMILES string of the molecule is CC(C)CN(CC(=O)O)C(=O)N1CCN2CCCCC2C1. The molecule has 0 radical (unpaired) electrons. The molecule has 2 fully saturated rings. The summed E-state index contributed by atoms with van der Waals surface area (Å²) < 4.78 is 0. The number of carbonyl (C=O) groups is 2. The van der Waals surface area contributed by atoms with Gasteiger partial charge in [-0.2, -0.15) is 0 Å². The zero-order chi connectivity index (χ0) is 15.4. The minimum Gasteiger partial charge on any atom is -0.480 e. The molecule has 1 unspecified atom stereocenters. The van der Waals surface area contributed by atoms with E-state index in [0.29, 0.717) is 19.1 Å². The number of urea groups is 1. The van der Waals surface area contributed by atoms with Crippen LogP contribution >= 0.6 is 0 Å². The van der Waals surface area contributed by atoms with E-state index in [-0.39, 0.29) is 18.5 Å². The van der Waals surface area contributed by atoms with Gasteiger partial charge in [-0.25, -0.2) is 4.79 Å². The summed E-state index contributed by atoms with van der Waals surface area (Å²) in [6, 6.07) is 0.346. The van der Waals surface area contributed by atoms with E-state index in [1.165, 1.54) is 17.7 Å². The molecular weight excluding hydrogens is 270 g/mol. The normalized spacial score (nSPS) is 23.0. The number of aliphatic carboxylic acids is 1. The Balaban J connectivity index is 1.97. The van der Waals surface area contributed by atoms with Crippen molar-refractivity contribution in [1.29, 1.82) is 0 Å². The van der Waals surface area contributed by atoms with Crippen molar-refractivity contribution in [2.24, 2.45) is 5.92 Å². The van der Waals surface area contributed by atoms with Gasteiger partial charge in [0.05, 0.1) is 0 Å². The molecule has 0 bridgehead atoms. The molecule has 2 saturated heterocycles. The zero-order valence-corrected chi connectivity index (χ0v) is 13.1. The Morgan fingerprint density at radius 3 is 2.67 bits per heavy atom. The van der Waals surface area contributed by atoms with Gasteiger partial charge in [0.1, 0.15) is 6.54 Å². The van der Waals surface area contributed by atoms with E-state index in [4.69, 9.17) is 5.11 Å². The van der Waals surface area contributed by atoms with Gasteiger partial charge in [-0.15, -0.1) is 0 Å². The molecule has 1 atom stereocenters. The van der Waals surface area contributed by atoms with Gasteiger partial charge in [-0.05, 0) is 25.3 Å². The number of piperazine rings is 1. The lowest BCUT2D eigenvalue weighted by molar-refractivity contribution is -0.137. The van der Waals surface area contributed by atoms with E-state index in [1.807, 2.05) is 18.7 Å². The summed E-state index contributed by atoms with van der Waals surface area (Å²) in [7, 11) is 0. The first-order valence-electron chi connectivity index (χ1n) is 7.97. The fraction of sp³-hybridized carbons (Fsp3) is 0.867. The van der Waals surface area contributed by atoms with Crippen molar-refractivity contribution < 1.29 is 14.7 Å². The van der Waals surface area contributed by atoms with Gasteiger partial charge in [-0.3, -0.25) is 9.69 Å². The number of rotatable bonds is 4. The Kier molecular flexibility index (Phi) is 5.45. The Hall–Kier alpha value is -1.30. The molecule has 2 rings (SSSR count). The maximum Gasteiger partial charge on any atom is 0.323 e. The van der Waals surface area contributed by atoms with Gasteiger partial charge in [0, 0.05) is 32.2 Å². The van der Waals surface area contributed by atoms with E-state index < -0.39 is 5.97 Å². The second-order valence-corrected chi connectivity index (χ2v) is 6.58. The van der Waals surface area contributed by atoms with Crippen LogP contribution < -0.4 is 0 Å². The second kappa shape index (κ2) is 7.11. The highest BCUT2D eigenvalue weighted by Crippen LogP contribution is 2.21. The van der Waals surface area contributed by atoms with Crippen molar-refractivity contribution >= 4 is 12.0 Å². The Labute approximate surface area is 126 Å². The number of carbonyl (C=O) groups excluding carboxylic acids is 1. The molecule has 0 aromatic heterocycles. The van der Waals surface area contributed by atoms with Crippen LogP contribution in [0.4, 0.5) is 4.79 Å². The lowest BCUT2D eigenvalue weighted by Gasteiger charge is -2.45. The highest BCUT2D eigenvalue weighted by Gasteiger charge is 2.33. The van der Waals surface area contributed by atoms with Crippen LogP contribution in [0.25, 0.3) is 0 Å². The number of hydrogen-bond donors (Lipinski definition) is 1. The first-order valence-corrected chi connectivity index (χ1v) is 7.97. The van der Waals surface area contributed by atoms with Crippen molar-refractivity contribution in [3.8, 4) is 0 Å². The van der Waals surface area contributed by atoms with E-state index >= 15 is 0 Å². The fourth-order valence-electron chi connectivity index (χ4n) is 3.34. The molecule has 2 amide bonds. The number of carboxylic acids is 1. The van der Waals surface area contributed by atoms with Crippen LogP contribution in [0.3, 0.4) is 0 Å². The van der Waals surface area contributed by atoms with E-state index in [9.17, 15) is 9.59 Å². The Bertz CT molecular complexity index is 386. The predicted octanol–water partition coefficient (Wildman–Crippen LogP) is 1.32. The molecule has 1 N–H and O–H groups in total. The summed E-state index contributed by atoms with van der Waals surface area (Å²) in [5, 5.41) is 9.01. The van der Waals surface area contributed by atoms with Gasteiger partial charge >= 0.3 is 12.0 Å². The van der Waals surface area contributed by atoms with Crippen molar-refractivity contribution in [2.75, 3.05) is 39.3 Å². The summed E-state index contributed by atoms with van der Waals surface area (Å²) in [5.41, 5.74) is 0. The minimum atomic E-state index is -0.944. The number of hydrogen-bond acceptors (Lipinski definition) is 3. The largest absolute Gasteiger partial charge is 0.480 e. The molecule has 2 aliphatic rings. The Morgan fingerprint density at radius 2 is 2.00 bits per heavy atom. The summed E-state index contributed by atoms with van der Waals surface area (Å²) in [6.45, 7) is 7.80. The van der Waals surface area contributed by atoms with Crippen molar-refractivity contribution in [3.05, 3.63) is 0 Å². The second-order valence-electron chi connectivity index (χ2n) is 6.58. The van der Waals surface area contributed by atoms with Gasteiger partial charge in [0.15, 0.2) is 0 Å². The summed E-state index contributed by atoms with van der Waals surface area (Å²) in [4.78, 5) is 29.4. The molecule has 0 aliphatic carbocycles. The van der Waals surface area contributed by atoms with Crippen LogP contribution in [0.1, 0.15) is 33.1 Å². The first kappa shape index (κ1) is 16.1. The highest BCUT2D eigenvalue weighted by atomic mass is 16.4. The van der Waals surface area contributed by atoms with E-state index in [2.05, 4.69) is 4.90 Å². The fourth-order valence-corrected chi connectivity index (χ4v) is 3.34. The zero-order valence-electron chi connectivity index (χ0n) is 13.1. The van der Waals surface area contributed by atoms with Crippen LogP contribution in [0.5, 0.6) is 0 Å². The monoisotopic (exact) mass is 297 g/mol. The summed E-state index contributed by atoms with van der Waals surface area (Å²) >= 11 is 0. The predicted molar refractivity (Wildman–Crippen MR) is 80.2 cm³/mol. The van der Waals surface area contributed by atoms with Crippen LogP contribution in [-0.2, 0) is 4.79 Å². The van der Waals surface area contributed by atoms with Crippen LogP contribution in [0, 0.1) is 5.92 Å². The molecule has 2 heterocycles. The molecule has 0 saturated carbocycles. The average molecular weight is 297 g/mol. The smallest absolute Gasteiger partial charge is 0.323 e. The summed E-state index contributed by atoms with van der Waals surface area (Å²) in [6.07, 6.45) is 3.63. The third-order valence-electron chi connectivity index (χ3n) is 4.29. The molecule has 6 nitrogen and oxygen atoms in total. The van der Waals surface area contributed by atoms with E-state index in [0.717, 1.165) is 26.1 Å². The number of piperidine rings is 1. The topological polar surface area (TPSA) is 64.1 Å². The number of carboxylic acid groups (broad SMARTS) is 1. The molecule has 21 heavy (non-hydrogen) atoms. The maximum absolute atomic E-state index is 12.6. The quantitative estimate of drug-likeness (QED) is 0.850. The van der Waals surface area contributed by atoms with Gasteiger partial charge in [-0.1, -0.05) is 20.3 Å². The average Bonchev–Trinajstić information content (AvgIpc) is 2.44. The first-order chi connectivity index (χ1) is 9.97. The molecule has 0 aromatic carbocycles. The molecule has 0 spiro atoms. The Morgan fingerprint density at radius 1 is 1.24 bits per heavy atom. The van der Waals surface area contributed by atoms with E-state index in [1.54, 1.807) is 0 Å². The molecular formula is C15H27N3O3. The minimum absolute atomic E-state index is 0.115. The van der Waals surface area contributed by atoms with Crippen molar-refractivity contribution in [1.82, 2.24) is 14.7 Å². The van der Waals surface area contributed by atoms with Gasteiger partial charge in [0.25, 0.3) is 0 Å². The van der Waals surface area contributed by atoms with Gasteiger partial charge < -0.3 is 14.9 Å². The van der Waals surface area contributed by atoms with Crippen molar-refractivity contribution in [2.45, 2.75) is 39.2 Å². The standard InChI is InChI=1S/C15H27N3O3/c1-12(2)9-18(11-14(19)20)15(21)17-8-7-16-6-4-3-5-13(16)10-17/h12-13H,3-11H2,1-2H3,(H,19,20). The highest BCUT2D eigenvalue weighted by molar-refractivity contribution is 5.80. The maximum atomic E-state index is 12.6.